The van der Waals surface area contributed by atoms with E-state index in [4.69, 9.17) is 29.0 Å². The summed E-state index contributed by atoms with van der Waals surface area (Å²) in [5.74, 6) is 5.35. The second-order valence-electron chi connectivity index (χ2n) is 3.82. The van der Waals surface area contributed by atoms with Crippen LogP contribution < -0.4 is 11.3 Å². The number of hydrogen-bond donors (Lipinski definition) is 2. The average molecular weight is 299 g/mol. The minimum atomic E-state index is 0.514. The second-order valence-corrected chi connectivity index (χ2v) is 5.78. The van der Waals surface area contributed by atoms with Crippen LogP contribution in [-0.2, 0) is 0 Å². The van der Waals surface area contributed by atoms with Gasteiger partial charge in [0.25, 0.3) is 0 Å². The van der Waals surface area contributed by atoms with Crippen molar-refractivity contribution in [2.24, 2.45) is 5.84 Å². The molecule has 5 heteroatoms. The fourth-order valence-corrected chi connectivity index (χ4v) is 3.11. The molecule has 0 atom stereocenters. The van der Waals surface area contributed by atoms with Crippen LogP contribution in [0.15, 0.2) is 46.2 Å². The molecule has 2 nitrogen and oxygen atoms in total. The van der Waals surface area contributed by atoms with E-state index in [0.29, 0.717) is 15.7 Å². The van der Waals surface area contributed by atoms with Crippen LogP contribution in [0.1, 0.15) is 5.56 Å². The van der Waals surface area contributed by atoms with Crippen LogP contribution in [0.3, 0.4) is 0 Å². The SMILES string of the molecule is Cc1ccc(Sc2cc(Cl)c(NN)c(Cl)c2)cc1. The topological polar surface area (TPSA) is 38.0 Å². The van der Waals surface area contributed by atoms with Gasteiger partial charge in [-0.15, -0.1) is 0 Å². The Hall–Kier alpha value is -0.870. The van der Waals surface area contributed by atoms with Crippen LogP contribution in [0.2, 0.25) is 10.0 Å². The molecule has 2 aromatic carbocycles. The standard InChI is InChI=1S/C13H12Cl2N2S/c1-8-2-4-9(5-3-8)18-10-6-11(14)13(17-16)12(15)7-10/h2-7,17H,16H2,1H3. The molecule has 0 bridgehead atoms. The Balaban J connectivity index is 2.27. The maximum atomic E-state index is 6.09. The molecule has 0 fully saturated rings. The number of nitrogens with two attached hydrogens (primary N) is 1. The minimum absolute atomic E-state index is 0.514. The zero-order valence-electron chi connectivity index (χ0n) is 9.71. The van der Waals surface area contributed by atoms with E-state index in [1.54, 1.807) is 11.8 Å². The van der Waals surface area contributed by atoms with Gasteiger partial charge < -0.3 is 5.43 Å². The Morgan fingerprint density at radius 1 is 1.00 bits per heavy atom. The van der Waals surface area contributed by atoms with Gasteiger partial charge in [0.05, 0.1) is 15.7 Å². The van der Waals surface area contributed by atoms with Crippen LogP contribution in [0.25, 0.3) is 0 Å². The molecule has 0 radical (unpaired) electrons. The van der Waals surface area contributed by atoms with Gasteiger partial charge in [0, 0.05) is 9.79 Å². The first kappa shape index (κ1) is 13.6. The predicted octanol–water partition coefficient (Wildman–Crippen LogP) is 4.74. The lowest BCUT2D eigenvalue weighted by molar-refractivity contribution is 1.32. The molecule has 0 heterocycles. The number of benzene rings is 2. The van der Waals surface area contributed by atoms with E-state index < -0.39 is 0 Å². The lowest BCUT2D eigenvalue weighted by atomic mass is 10.2. The number of nitrogen functional groups attached to an aromatic ring is 1. The molecule has 0 aliphatic rings. The summed E-state index contributed by atoms with van der Waals surface area (Å²) in [5.41, 5.74) is 4.27. The number of hydrogen-bond acceptors (Lipinski definition) is 3. The molecule has 0 spiro atoms. The highest BCUT2D eigenvalue weighted by Gasteiger charge is 2.08. The van der Waals surface area contributed by atoms with Gasteiger partial charge in [0.15, 0.2) is 0 Å². The number of rotatable bonds is 3. The highest BCUT2D eigenvalue weighted by Crippen LogP contribution is 2.37. The summed E-state index contributed by atoms with van der Waals surface area (Å²) >= 11 is 13.8. The summed E-state index contributed by atoms with van der Waals surface area (Å²) in [7, 11) is 0. The van der Waals surface area contributed by atoms with Crippen LogP contribution in [0.5, 0.6) is 0 Å². The Morgan fingerprint density at radius 3 is 2.06 bits per heavy atom. The monoisotopic (exact) mass is 298 g/mol. The van der Waals surface area contributed by atoms with Gasteiger partial charge in [-0.25, -0.2) is 0 Å². The van der Waals surface area contributed by atoms with Gasteiger partial charge >= 0.3 is 0 Å². The quantitative estimate of drug-likeness (QED) is 0.635. The minimum Gasteiger partial charge on any atom is -0.321 e. The Labute approximate surface area is 120 Å². The van der Waals surface area contributed by atoms with Crippen LogP contribution in [0, 0.1) is 6.92 Å². The average Bonchev–Trinajstić information content (AvgIpc) is 2.32. The smallest absolute Gasteiger partial charge is 0.0861 e. The molecule has 0 unspecified atom stereocenters. The van der Waals surface area contributed by atoms with Gasteiger partial charge in [0.1, 0.15) is 0 Å². The molecule has 0 aliphatic heterocycles. The van der Waals surface area contributed by atoms with Crippen molar-refractivity contribution in [2.45, 2.75) is 16.7 Å². The number of halogens is 2. The van der Waals surface area contributed by atoms with Gasteiger partial charge in [-0.05, 0) is 31.2 Å². The first-order chi connectivity index (χ1) is 8.60. The summed E-state index contributed by atoms with van der Waals surface area (Å²) in [6, 6.07) is 12.0. The van der Waals surface area contributed by atoms with Crippen LogP contribution >= 0.6 is 35.0 Å². The third-order valence-electron chi connectivity index (χ3n) is 2.42. The first-order valence-corrected chi connectivity index (χ1v) is 6.87. The second kappa shape index (κ2) is 5.85. The van der Waals surface area contributed by atoms with E-state index in [2.05, 4.69) is 36.6 Å². The zero-order chi connectivity index (χ0) is 13.1. The Morgan fingerprint density at radius 2 is 1.56 bits per heavy atom. The van der Waals surface area contributed by atoms with Gasteiger partial charge in [-0.3, -0.25) is 5.84 Å². The molecule has 94 valence electrons. The van der Waals surface area contributed by atoms with Crippen LogP contribution in [0.4, 0.5) is 5.69 Å². The lowest BCUT2D eigenvalue weighted by Gasteiger charge is -2.09. The molecule has 18 heavy (non-hydrogen) atoms. The van der Waals surface area contributed by atoms with Crippen molar-refractivity contribution in [2.75, 3.05) is 5.43 Å². The van der Waals surface area contributed by atoms with Gasteiger partial charge in [0.2, 0.25) is 0 Å². The molecule has 0 amide bonds. The fraction of sp³-hybridized carbons (Fsp3) is 0.0769. The van der Waals surface area contributed by atoms with Crippen molar-refractivity contribution in [1.29, 1.82) is 0 Å². The highest BCUT2D eigenvalue weighted by molar-refractivity contribution is 7.99. The number of hydrazine groups is 1. The summed E-state index contributed by atoms with van der Waals surface area (Å²) < 4.78 is 0. The van der Waals surface area contributed by atoms with Crippen molar-refractivity contribution < 1.29 is 0 Å². The molecule has 0 saturated heterocycles. The summed E-state index contributed by atoms with van der Waals surface area (Å²) in [6.07, 6.45) is 0. The third-order valence-corrected chi connectivity index (χ3v) is 3.99. The molecule has 0 aliphatic carbocycles. The Bertz CT molecular complexity index is 532. The number of nitrogens with one attached hydrogen (secondary N) is 1. The lowest BCUT2D eigenvalue weighted by Crippen LogP contribution is -2.07. The van der Waals surface area contributed by atoms with Crippen molar-refractivity contribution in [3.8, 4) is 0 Å². The van der Waals surface area contributed by atoms with E-state index >= 15 is 0 Å². The van der Waals surface area contributed by atoms with Crippen molar-refractivity contribution >= 4 is 40.7 Å². The molecular weight excluding hydrogens is 287 g/mol. The summed E-state index contributed by atoms with van der Waals surface area (Å²) in [5, 5.41) is 1.03. The van der Waals surface area contributed by atoms with Crippen molar-refractivity contribution in [1.82, 2.24) is 0 Å². The maximum Gasteiger partial charge on any atom is 0.0861 e. The molecule has 0 saturated carbocycles. The molecule has 2 aromatic rings. The molecule has 3 N–H and O–H groups in total. The largest absolute Gasteiger partial charge is 0.321 e. The molecule has 0 aromatic heterocycles. The molecular formula is C13H12Cl2N2S. The highest BCUT2D eigenvalue weighted by atomic mass is 35.5. The summed E-state index contributed by atoms with van der Waals surface area (Å²) in [4.78, 5) is 2.12. The predicted molar refractivity (Wildman–Crippen MR) is 79.6 cm³/mol. The van der Waals surface area contributed by atoms with Gasteiger partial charge in [-0.2, -0.15) is 0 Å². The van der Waals surface area contributed by atoms with E-state index in [1.807, 2.05) is 12.1 Å². The van der Waals surface area contributed by atoms with Gasteiger partial charge in [-0.1, -0.05) is 52.7 Å². The van der Waals surface area contributed by atoms with Crippen molar-refractivity contribution in [3.63, 3.8) is 0 Å². The number of aryl methyl sites for hydroxylation is 1. The van der Waals surface area contributed by atoms with E-state index in [9.17, 15) is 0 Å². The van der Waals surface area contributed by atoms with Crippen molar-refractivity contribution in [3.05, 3.63) is 52.0 Å². The third kappa shape index (κ3) is 3.12. The van der Waals surface area contributed by atoms with E-state index in [1.165, 1.54) is 5.56 Å². The maximum absolute atomic E-state index is 6.09. The first-order valence-electron chi connectivity index (χ1n) is 5.30. The van der Waals surface area contributed by atoms with Crippen LogP contribution in [-0.4, -0.2) is 0 Å². The van der Waals surface area contributed by atoms with E-state index in [0.717, 1.165) is 9.79 Å². The zero-order valence-corrected chi connectivity index (χ0v) is 12.0. The number of anilines is 1. The molecule has 2 rings (SSSR count). The Kier molecular flexibility index (Phi) is 4.40. The summed E-state index contributed by atoms with van der Waals surface area (Å²) in [6.45, 7) is 2.06. The normalized spacial score (nSPS) is 10.4. The fourth-order valence-electron chi connectivity index (χ4n) is 1.49. The van der Waals surface area contributed by atoms with E-state index in [-0.39, 0.29) is 0 Å².